The minimum absolute atomic E-state index is 0.0146. The van der Waals surface area contributed by atoms with E-state index in [1.165, 1.54) is 23.5 Å². The van der Waals surface area contributed by atoms with Gasteiger partial charge in [-0.1, -0.05) is 19.9 Å². The first-order valence-electron chi connectivity index (χ1n) is 7.63. The summed E-state index contributed by atoms with van der Waals surface area (Å²) < 4.78 is 13.4. The molecule has 0 amide bonds. The van der Waals surface area contributed by atoms with E-state index in [0.717, 1.165) is 26.4 Å². The lowest BCUT2D eigenvalue weighted by Gasteiger charge is -2.06. The number of nitriles is 2. The number of fused-ring (bicyclic) bond motifs is 1. The van der Waals surface area contributed by atoms with Crippen molar-refractivity contribution < 1.29 is 4.74 Å². The van der Waals surface area contributed by atoms with E-state index >= 15 is 0 Å². The van der Waals surface area contributed by atoms with Crippen molar-refractivity contribution in [2.24, 2.45) is 0 Å². The second kappa shape index (κ2) is 8.97. The number of ether oxygens (including phenoxy) is 1. The van der Waals surface area contributed by atoms with Gasteiger partial charge in [0.05, 0.1) is 16.8 Å². The average Bonchev–Trinajstić information content (AvgIpc) is 3.28. The van der Waals surface area contributed by atoms with Crippen LogP contribution in [0.1, 0.15) is 25.0 Å². The summed E-state index contributed by atoms with van der Waals surface area (Å²) >= 11 is 2.70. The van der Waals surface area contributed by atoms with E-state index in [2.05, 4.69) is 20.1 Å². The number of rotatable bonds is 5. The van der Waals surface area contributed by atoms with Gasteiger partial charge in [-0.05, 0) is 42.0 Å². The molecule has 0 saturated heterocycles. The van der Waals surface area contributed by atoms with Crippen molar-refractivity contribution in [1.29, 1.82) is 10.5 Å². The maximum Gasteiger partial charge on any atom is 0.227 e. The Morgan fingerprint density at radius 1 is 1.36 bits per heavy atom. The number of nitrogens with zero attached hydrogens (tertiary/aromatic N) is 3. The second-order valence-corrected chi connectivity index (χ2v) is 6.54. The van der Waals surface area contributed by atoms with Gasteiger partial charge < -0.3 is 14.4 Å². The van der Waals surface area contributed by atoms with Crippen LogP contribution in [0.25, 0.3) is 10.9 Å². The molecule has 8 heteroatoms. The molecule has 6 nitrogen and oxygen atoms in total. The molecule has 0 saturated carbocycles. The predicted molar refractivity (Wildman–Crippen MR) is 102 cm³/mol. The normalized spacial score (nSPS) is 9.64. The molecule has 0 unspecified atom stereocenters. The van der Waals surface area contributed by atoms with Gasteiger partial charge in [0.15, 0.2) is 6.61 Å². The summed E-state index contributed by atoms with van der Waals surface area (Å²) in [7, 11) is 0. The first-order valence-corrected chi connectivity index (χ1v) is 9.22. The average molecular weight is 371 g/mol. The highest BCUT2D eigenvalue weighted by atomic mass is 32.2. The van der Waals surface area contributed by atoms with Crippen LogP contribution in [0.5, 0.6) is 5.88 Å². The Kier molecular flexibility index (Phi) is 6.70. The fourth-order valence-electron chi connectivity index (χ4n) is 2.16. The Labute approximate surface area is 154 Å². The van der Waals surface area contributed by atoms with Gasteiger partial charge in [0.1, 0.15) is 16.3 Å². The van der Waals surface area contributed by atoms with Crippen molar-refractivity contribution in [3.63, 3.8) is 0 Å². The number of nitrogens with one attached hydrogen (secondary N) is 2. The summed E-state index contributed by atoms with van der Waals surface area (Å²) in [6.45, 7) is 5.97. The smallest absolute Gasteiger partial charge is 0.227 e. The Balaban J connectivity index is 0.00000109. The topological polar surface area (TPSA) is 97.5 Å². The summed E-state index contributed by atoms with van der Waals surface area (Å²) in [6.07, 6.45) is 1.72. The van der Waals surface area contributed by atoms with Gasteiger partial charge in [0, 0.05) is 17.6 Å². The van der Waals surface area contributed by atoms with Crippen molar-refractivity contribution in [3.05, 3.63) is 35.5 Å². The van der Waals surface area contributed by atoms with Crippen LogP contribution in [0.2, 0.25) is 0 Å². The van der Waals surface area contributed by atoms with E-state index in [1.54, 1.807) is 12.3 Å². The van der Waals surface area contributed by atoms with Crippen LogP contribution in [0.15, 0.2) is 28.6 Å². The standard InChI is InChI=1S/C15H11N5OS2.C2H6/c1-9-2-3-11(15-14(9)10(7-17)8-18-15)19-22-13-6-12(20-23-13)21-5-4-16;1-2/h2-3,6,8,18-19H,5H2,1H3;1-2H3. The van der Waals surface area contributed by atoms with Crippen LogP contribution >= 0.6 is 23.5 Å². The lowest BCUT2D eigenvalue weighted by molar-refractivity contribution is 0.357. The quantitative estimate of drug-likeness (QED) is 0.622. The lowest BCUT2D eigenvalue weighted by atomic mass is 10.1. The summed E-state index contributed by atoms with van der Waals surface area (Å²) in [5.74, 6) is 0.446. The highest BCUT2D eigenvalue weighted by Gasteiger charge is 2.11. The Morgan fingerprint density at radius 3 is 2.88 bits per heavy atom. The van der Waals surface area contributed by atoms with Gasteiger partial charge in [-0.2, -0.15) is 14.9 Å². The van der Waals surface area contributed by atoms with E-state index in [4.69, 9.17) is 10.00 Å². The molecular formula is C17H17N5OS2. The number of hydrogen-bond acceptors (Lipinski definition) is 7. The molecule has 2 aromatic heterocycles. The fraction of sp³-hybridized carbons (Fsp3) is 0.235. The Morgan fingerprint density at radius 2 is 2.16 bits per heavy atom. The third kappa shape index (κ3) is 4.24. The van der Waals surface area contributed by atoms with Crippen LogP contribution < -0.4 is 9.46 Å². The number of benzene rings is 1. The van der Waals surface area contributed by atoms with Gasteiger partial charge >= 0.3 is 0 Å². The monoisotopic (exact) mass is 371 g/mol. The third-order valence-electron chi connectivity index (χ3n) is 3.18. The van der Waals surface area contributed by atoms with Gasteiger partial charge in [-0.25, -0.2) is 0 Å². The van der Waals surface area contributed by atoms with Crippen molar-refractivity contribution in [2.45, 2.75) is 25.0 Å². The maximum atomic E-state index is 9.18. The molecule has 2 heterocycles. The van der Waals surface area contributed by atoms with Crippen LogP contribution in [0.4, 0.5) is 5.69 Å². The minimum atomic E-state index is -0.0146. The molecule has 0 aliphatic heterocycles. The summed E-state index contributed by atoms with van der Waals surface area (Å²) in [5.41, 5.74) is 3.49. The summed E-state index contributed by atoms with van der Waals surface area (Å²) in [6, 6.07) is 9.83. The predicted octanol–water partition coefficient (Wildman–Crippen LogP) is 4.85. The van der Waals surface area contributed by atoms with Gasteiger partial charge in [0.2, 0.25) is 5.88 Å². The number of aromatic amines is 1. The number of anilines is 1. The zero-order valence-corrected chi connectivity index (χ0v) is 15.7. The van der Waals surface area contributed by atoms with E-state index in [1.807, 2.05) is 39.0 Å². The molecular weight excluding hydrogens is 354 g/mol. The molecule has 0 aliphatic rings. The van der Waals surface area contributed by atoms with Crippen molar-refractivity contribution in [2.75, 3.05) is 11.3 Å². The fourth-order valence-corrected chi connectivity index (χ4v) is 3.53. The molecule has 0 bridgehead atoms. The van der Waals surface area contributed by atoms with Crippen molar-refractivity contribution in [1.82, 2.24) is 9.36 Å². The van der Waals surface area contributed by atoms with Crippen LogP contribution in [0.3, 0.4) is 0 Å². The maximum absolute atomic E-state index is 9.18. The molecule has 3 rings (SSSR count). The van der Waals surface area contributed by atoms with E-state index in [0.29, 0.717) is 11.4 Å². The van der Waals surface area contributed by atoms with Crippen LogP contribution in [-0.2, 0) is 0 Å². The highest BCUT2D eigenvalue weighted by molar-refractivity contribution is 8.02. The second-order valence-electron chi connectivity index (χ2n) is 4.63. The lowest BCUT2D eigenvalue weighted by Crippen LogP contribution is -1.92. The largest absolute Gasteiger partial charge is 0.462 e. The first-order chi connectivity index (χ1) is 12.2. The number of hydrogen-bond donors (Lipinski definition) is 2. The van der Waals surface area contributed by atoms with Gasteiger partial charge in [-0.15, -0.1) is 0 Å². The van der Waals surface area contributed by atoms with Gasteiger partial charge in [0.25, 0.3) is 0 Å². The molecule has 0 atom stereocenters. The van der Waals surface area contributed by atoms with Crippen LogP contribution in [-0.4, -0.2) is 16.0 Å². The molecule has 128 valence electrons. The Bertz CT molecular complexity index is 933. The molecule has 0 spiro atoms. The number of aryl methyl sites for hydroxylation is 1. The third-order valence-corrected chi connectivity index (χ3v) is 4.86. The molecule has 3 aromatic rings. The van der Waals surface area contributed by atoms with E-state index in [9.17, 15) is 5.26 Å². The van der Waals surface area contributed by atoms with Crippen LogP contribution in [0, 0.1) is 29.6 Å². The first kappa shape index (κ1) is 18.7. The summed E-state index contributed by atoms with van der Waals surface area (Å²) in [4.78, 5) is 3.15. The molecule has 0 fully saturated rings. The Hall–Kier alpha value is -2.68. The zero-order chi connectivity index (χ0) is 18.2. The molecule has 2 N–H and O–H groups in total. The number of H-pyrrole nitrogens is 1. The summed E-state index contributed by atoms with van der Waals surface area (Å²) in [5, 5.41) is 18.6. The molecule has 25 heavy (non-hydrogen) atoms. The minimum Gasteiger partial charge on any atom is -0.462 e. The number of aromatic nitrogens is 2. The molecule has 1 aromatic carbocycles. The zero-order valence-electron chi connectivity index (χ0n) is 14.1. The van der Waals surface area contributed by atoms with E-state index in [-0.39, 0.29) is 6.61 Å². The van der Waals surface area contributed by atoms with E-state index < -0.39 is 0 Å². The van der Waals surface area contributed by atoms with Crippen molar-refractivity contribution in [3.8, 4) is 18.0 Å². The van der Waals surface area contributed by atoms with Crippen molar-refractivity contribution >= 4 is 40.1 Å². The molecule has 0 aliphatic carbocycles. The highest BCUT2D eigenvalue weighted by Crippen LogP contribution is 2.33. The van der Waals surface area contributed by atoms with Gasteiger partial charge in [-0.3, -0.25) is 0 Å². The molecule has 0 radical (unpaired) electrons. The SMILES string of the molecule is CC.Cc1ccc(NSc2cc(OCC#N)ns2)c2[nH]cc(C#N)c12.